The van der Waals surface area contributed by atoms with Gasteiger partial charge in [0.25, 0.3) is 0 Å². The second kappa shape index (κ2) is 4.95. The van der Waals surface area contributed by atoms with Crippen LogP contribution in [-0.2, 0) is 9.59 Å². The molecule has 1 fully saturated rings. The van der Waals surface area contributed by atoms with E-state index in [4.69, 9.17) is 0 Å². The van der Waals surface area contributed by atoms with Crippen LogP contribution in [0.2, 0.25) is 0 Å². The van der Waals surface area contributed by atoms with Gasteiger partial charge in [-0.05, 0) is 0 Å². The first kappa shape index (κ1) is 11.0. The number of nitrogens with one attached hydrogen (secondary N) is 2. The Morgan fingerprint density at radius 1 is 1.50 bits per heavy atom. The van der Waals surface area contributed by atoms with E-state index >= 15 is 0 Å². The number of nitrogens with zero attached hydrogens (tertiary/aromatic N) is 1. The quantitative estimate of drug-likeness (QED) is 0.598. The highest BCUT2D eigenvalue weighted by Crippen LogP contribution is 2.06. The molecule has 80 valence electrons. The maximum absolute atomic E-state index is 11.6. The van der Waals surface area contributed by atoms with E-state index in [0.717, 1.165) is 13.1 Å². The summed E-state index contributed by atoms with van der Waals surface area (Å²) in [6.45, 7) is 2.03. The molecule has 0 radical (unpaired) electrons. The molecule has 0 unspecified atom stereocenters. The summed E-state index contributed by atoms with van der Waals surface area (Å²) >= 11 is 0. The predicted octanol–water partition coefficient (Wildman–Crippen LogP) is -1.20. The monoisotopic (exact) mass is 199 g/mol. The van der Waals surface area contributed by atoms with Crippen molar-refractivity contribution in [2.75, 3.05) is 33.7 Å². The summed E-state index contributed by atoms with van der Waals surface area (Å²) in [7, 11) is 3.34. The Hall–Kier alpha value is -1.10. The summed E-state index contributed by atoms with van der Waals surface area (Å²) in [5.41, 5.74) is 0. The van der Waals surface area contributed by atoms with Gasteiger partial charge in [-0.15, -0.1) is 0 Å². The van der Waals surface area contributed by atoms with E-state index in [-0.39, 0.29) is 17.7 Å². The molecule has 0 saturated carbocycles. The summed E-state index contributed by atoms with van der Waals surface area (Å²) in [6.07, 6.45) is 0.374. The van der Waals surface area contributed by atoms with Gasteiger partial charge in [0.2, 0.25) is 11.8 Å². The van der Waals surface area contributed by atoms with Crippen LogP contribution in [0.3, 0.4) is 0 Å². The molecule has 0 aromatic rings. The van der Waals surface area contributed by atoms with Crippen molar-refractivity contribution in [2.45, 2.75) is 6.42 Å². The molecular weight excluding hydrogens is 182 g/mol. The van der Waals surface area contributed by atoms with Gasteiger partial charge in [-0.25, -0.2) is 0 Å². The molecular formula is C9H17N3O2. The van der Waals surface area contributed by atoms with Crippen LogP contribution in [0.25, 0.3) is 0 Å². The Balaban J connectivity index is 2.23. The molecule has 2 N–H and O–H groups in total. The summed E-state index contributed by atoms with van der Waals surface area (Å²) in [5, 5.41) is 5.57. The lowest BCUT2D eigenvalue weighted by molar-refractivity contribution is -0.136. The number of carbonyl (C=O) groups excluding carboxylic acids is 2. The van der Waals surface area contributed by atoms with Gasteiger partial charge in [0.05, 0.1) is 5.92 Å². The van der Waals surface area contributed by atoms with Crippen LogP contribution < -0.4 is 10.6 Å². The molecule has 1 aliphatic heterocycles. The van der Waals surface area contributed by atoms with Crippen LogP contribution in [0.5, 0.6) is 0 Å². The number of carbonyl (C=O) groups is 2. The van der Waals surface area contributed by atoms with Crippen molar-refractivity contribution in [3.05, 3.63) is 0 Å². The summed E-state index contributed by atoms with van der Waals surface area (Å²) in [6, 6.07) is 0. The lowest BCUT2D eigenvalue weighted by atomic mass is 10.0. The summed E-state index contributed by atoms with van der Waals surface area (Å²) in [4.78, 5) is 24.1. The highest BCUT2D eigenvalue weighted by molar-refractivity contribution is 5.81. The Kier molecular flexibility index (Phi) is 3.88. The first-order chi connectivity index (χ1) is 6.65. The fourth-order valence-corrected chi connectivity index (χ4v) is 1.28. The number of hydrogen-bond donors (Lipinski definition) is 2. The molecule has 0 aromatic heterocycles. The van der Waals surface area contributed by atoms with Gasteiger partial charge in [-0.3, -0.25) is 9.59 Å². The standard InChI is InChI=1S/C9H17N3O2/c1-10-8(13)3-4-12(2)9(14)7-5-11-6-7/h7,11H,3-6H2,1-2H3,(H,10,13). The topological polar surface area (TPSA) is 61.4 Å². The van der Waals surface area contributed by atoms with E-state index in [0.29, 0.717) is 13.0 Å². The molecule has 5 heteroatoms. The van der Waals surface area contributed by atoms with Crippen molar-refractivity contribution in [3.63, 3.8) is 0 Å². The second-order valence-electron chi connectivity index (χ2n) is 3.54. The molecule has 0 spiro atoms. The van der Waals surface area contributed by atoms with Crippen molar-refractivity contribution in [2.24, 2.45) is 5.92 Å². The van der Waals surface area contributed by atoms with Gasteiger partial charge < -0.3 is 15.5 Å². The van der Waals surface area contributed by atoms with Gasteiger partial charge in [-0.2, -0.15) is 0 Å². The van der Waals surface area contributed by atoms with E-state index < -0.39 is 0 Å². The van der Waals surface area contributed by atoms with E-state index in [1.807, 2.05) is 0 Å². The fourth-order valence-electron chi connectivity index (χ4n) is 1.28. The highest BCUT2D eigenvalue weighted by atomic mass is 16.2. The van der Waals surface area contributed by atoms with Crippen LogP contribution in [0.15, 0.2) is 0 Å². The smallest absolute Gasteiger partial charge is 0.228 e. The van der Waals surface area contributed by atoms with Crippen molar-refractivity contribution in [1.29, 1.82) is 0 Å². The van der Waals surface area contributed by atoms with Crippen LogP contribution in [0, 0.1) is 5.92 Å². The Bertz CT molecular complexity index is 226. The maximum atomic E-state index is 11.6. The summed E-state index contributed by atoms with van der Waals surface area (Å²) in [5.74, 6) is 0.216. The van der Waals surface area contributed by atoms with Gasteiger partial charge in [-0.1, -0.05) is 0 Å². The first-order valence-electron chi connectivity index (χ1n) is 4.81. The lowest BCUT2D eigenvalue weighted by Gasteiger charge is -2.30. The number of amides is 2. The Morgan fingerprint density at radius 2 is 2.14 bits per heavy atom. The minimum absolute atomic E-state index is 0.0311. The molecule has 1 aliphatic rings. The van der Waals surface area contributed by atoms with Crippen molar-refractivity contribution < 1.29 is 9.59 Å². The summed E-state index contributed by atoms with van der Waals surface area (Å²) < 4.78 is 0. The average Bonchev–Trinajstić information content (AvgIpc) is 2.10. The van der Waals surface area contributed by atoms with Gasteiger partial charge >= 0.3 is 0 Å². The maximum Gasteiger partial charge on any atom is 0.228 e. The lowest BCUT2D eigenvalue weighted by Crippen LogP contribution is -2.51. The van der Waals surface area contributed by atoms with Crippen molar-refractivity contribution in [1.82, 2.24) is 15.5 Å². The zero-order valence-electron chi connectivity index (χ0n) is 8.67. The third-order valence-electron chi connectivity index (χ3n) is 2.46. The molecule has 1 rings (SSSR count). The molecule has 2 amide bonds. The molecule has 1 saturated heterocycles. The van der Waals surface area contributed by atoms with Crippen molar-refractivity contribution >= 4 is 11.8 Å². The number of rotatable bonds is 4. The van der Waals surface area contributed by atoms with Crippen LogP contribution in [0.1, 0.15) is 6.42 Å². The van der Waals surface area contributed by atoms with Crippen LogP contribution >= 0.6 is 0 Å². The average molecular weight is 199 g/mol. The highest BCUT2D eigenvalue weighted by Gasteiger charge is 2.27. The second-order valence-corrected chi connectivity index (χ2v) is 3.54. The normalized spacial score (nSPS) is 15.9. The Morgan fingerprint density at radius 3 is 2.57 bits per heavy atom. The predicted molar refractivity (Wildman–Crippen MR) is 52.7 cm³/mol. The molecule has 0 bridgehead atoms. The van der Waals surface area contributed by atoms with E-state index in [1.54, 1.807) is 19.0 Å². The van der Waals surface area contributed by atoms with Gasteiger partial charge in [0.1, 0.15) is 0 Å². The fraction of sp³-hybridized carbons (Fsp3) is 0.778. The minimum atomic E-state index is -0.0311. The minimum Gasteiger partial charge on any atom is -0.359 e. The van der Waals surface area contributed by atoms with E-state index in [1.165, 1.54) is 0 Å². The molecule has 14 heavy (non-hydrogen) atoms. The third kappa shape index (κ3) is 2.70. The molecule has 0 aromatic carbocycles. The first-order valence-corrected chi connectivity index (χ1v) is 4.81. The third-order valence-corrected chi connectivity index (χ3v) is 2.46. The largest absolute Gasteiger partial charge is 0.359 e. The molecule has 5 nitrogen and oxygen atoms in total. The zero-order valence-corrected chi connectivity index (χ0v) is 8.67. The van der Waals surface area contributed by atoms with E-state index in [9.17, 15) is 9.59 Å². The van der Waals surface area contributed by atoms with Gasteiger partial charge in [0.15, 0.2) is 0 Å². The number of hydrogen-bond acceptors (Lipinski definition) is 3. The van der Waals surface area contributed by atoms with Crippen LogP contribution in [-0.4, -0.2) is 50.4 Å². The Labute approximate surface area is 83.8 Å². The van der Waals surface area contributed by atoms with E-state index in [2.05, 4.69) is 10.6 Å². The molecule has 0 aliphatic carbocycles. The SMILES string of the molecule is CNC(=O)CCN(C)C(=O)C1CNC1. The van der Waals surface area contributed by atoms with Crippen molar-refractivity contribution in [3.8, 4) is 0 Å². The van der Waals surface area contributed by atoms with Crippen LogP contribution in [0.4, 0.5) is 0 Å². The van der Waals surface area contributed by atoms with Gasteiger partial charge in [0, 0.05) is 40.2 Å². The zero-order chi connectivity index (χ0) is 10.6. The molecule has 1 heterocycles. The molecule has 0 atom stereocenters.